The van der Waals surface area contributed by atoms with Gasteiger partial charge in [-0.3, -0.25) is 9.59 Å². The largest absolute Gasteiger partial charge is 0.465 e. The smallest absolute Gasteiger partial charge is 0.407 e. The van der Waals surface area contributed by atoms with Crippen molar-refractivity contribution in [2.45, 2.75) is 72.1 Å². The number of carbonyl (C=O) groups excluding carboxylic acids is 4. The number of halogens is 1. The van der Waals surface area contributed by atoms with Crippen LogP contribution in [0.1, 0.15) is 74.2 Å². The Morgan fingerprint density at radius 2 is 1.74 bits per heavy atom. The first-order valence-corrected chi connectivity index (χ1v) is 17.5. The summed E-state index contributed by atoms with van der Waals surface area (Å²) in [5, 5.41) is 10.9. The quantitative estimate of drug-likeness (QED) is 0.199. The van der Waals surface area contributed by atoms with Crippen molar-refractivity contribution in [1.29, 1.82) is 0 Å². The van der Waals surface area contributed by atoms with E-state index in [0.29, 0.717) is 44.1 Å². The fourth-order valence-corrected chi connectivity index (χ4v) is 6.42. The molecule has 15 heteroatoms. The van der Waals surface area contributed by atoms with Gasteiger partial charge in [0.15, 0.2) is 5.82 Å². The molecule has 282 valence electrons. The van der Waals surface area contributed by atoms with Crippen LogP contribution in [-0.4, -0.2) is 106 Å². The Hall–Kier alpha value is -5.60. The van der Waals surface area contributed by atoms with Crippen molar-refractivity contribution in [1.82, 2.24) is 30.3 Å². The van der Waals surface area contributed by atoms with E-state index in [9.17, 15) is 23.6 Å². The van der Waals surface area contributed by atoms with Gasteiger partial charge in [-0.1, -0.05) is 12.1 Å². The maximum Gasteiger partial charge on any atom is 0.407 e. The second kappa shape index (κ2) is 16.4. The molecular weight excluding hydrogens is 685 g/mol. The van der Waals surface area contributed by atoms with Crippen LogP contribution in [0.3, 0.4) is 0 Å². The van der Waals surface area contributed by atoms with Crippen molar-refractivity contribution in [2.75, 3.05) is 44.7 Å². The predicted molar refractivity (Wildman–Crippen MR) is 193 cm³/mol. The molecule has 3 amide bonds. The topological polar surface area (TPSA) is 156 Å². The van der Waals surface area contributed by atoms with Crippen LogP contribution in [0.5, 0.6) is 11.6 Å². The third-order valence-electron chi connectivity index (χ3n) is 8.83. The van der Waals surface area contributed by atoms with Gasteiger partial charge in [0.05, 0.1) is 18.2 Å². The van der Waals surface area contributed by atoms with E-state index < -0.39 is 29.5 Å². The second-order valence-corrected chi connectivity index (χ2v) is 14.3. The minimum atomic E-state index is -0.734. The number of hydrogen-bond acceptors (Lipinski definition) is 11. The number of nitrogens with zero attached hydrogens (tertiary/aromatic N) is 6. The second-order valence-electron chi connectivity index (χ2n) is 14.3. The molecule has 3 aromatic rings. The number of rotatable bonds is 12. The maximum absolute atomic E-state index is 14.3. The third-order valence-corrected chi connectivity index (χ3v) is 8.83. The number of methoxy groups -OCH3 is 1. The van der Waals surface area contributed by atoms with E-state index in [0.717, 1.165) is 22.8 Å². The molecule has 5 rings (SSSR count). The molecule has 0 saturated carbocycles. The number of benzene rings is 2. The minimum Gasteiger partial charge on any atom is -0.465 e. The molecule has 0 fully saturated rings. The van der Waals surface area contributed by atoms with Crippen LogP contribution in [0.25, 0.3) is 0 Å². The lowest BCUT2D eigenvalue weighted by molar-refractivity contribution is -0.130. The van der Waals surface area contributed by atoms with Gasteiger partial charge in [0.1, 0.15) is 23.5 Å². The van der Waals surface area contributed by atoms with Crippen molar-refractivity contribution < 1.29 is 37.8 Å². The molecular formula is C38H46FN7O7. The lowest BCUT2D eigenvalue weighted by Gasteiger charge is -2.27. The van der Waals surface area contributed by atoms with Crippen LogP contribution in [0.2, 0.25) is 0 Å². The number of hydrogen-bond donors (Lipinski definition) is 1. The fourth-order valence-electron chi connectivity index (χ4n) is 6.42. The first-order valence-electron chi connectivity index (χ1n) is 17.5. The molecule has 0 spiro atoms. The average molecular weight is 732 g/mol. The van der Waals surface area contributed by atoms with Crippen molar-refractivity contribution in [3.63, 3.8) is 0 Å². The van der Waals surface area contributed by atoms with Crippen LogP contribution >= 0.6 is 0 Å². The molecule has 2 aromatic carbocycles. The lowest BCUT2D eigenvalue weighted by atomic mass is 10.0. The molecule has 2 aliphatic heterocycles. The zero-order chi connectivity index (χ0) is 38.4. The van der Waals surface area contributed by atoms with Gasteiger partial charge < -0.3 is 34.2 Å². The van der Waals surface area contributed by atoms with Gasteiger partial charge in [0.25, 0.3) is 11.8 Å². The SMILES string of the molecule is CCN(C(=O)c1cc(F)ccc1Oc1nncnc1N1CC2=C(CN(C(=O)C[C@@H](Cc3cccc(C(=O)OC)c3)NC(=O)OC(C)(C)C)C2)C1)C(C)C. The number of esters is 1. The van der Waals surface area contributed by atoms with Crippen molar-refractivity contribution in [2.24, 2.45) is 0 Å². The van der Waals surface area contributed by atoms with E-state index in [4.69, 9.17) is 14.2 Å². The van der Waals surface area contributed by atoms with Crippen molar-refractivity contribution in [3.05, 3.63) is 82.4 Å². The summed E-state index contributed by atoms with van der Waals surface area (Å²) in [5.74, 6) is -1.01. The van der Waals surface area contributed by atoms with Gasteiger partial charge in [-0.15, -0.1) is 10.2 Å². The van der Waals surface area contributed by atoms with E-state index in [-0.39, 0.29) is 47.9 Å². The van der Waals surface area contributed by atoms with Gasteiger partial charge in [-0.05, 0) is 95.0 Å². The van der Waals surface area contributed by atoms with Gasteiger partial charge >= 0.3 is 12.1 Å². The summed E-state index contributed by atoms with van der Waals surface area (Å²) in [7, 11) is 1.31. The minimum absolute atomic E-state index is 0.00474. The molecule has 1 N–H and O–H groups in total. The zero-order valence-corrected chi connectivity index (χ0v) is 31.1. The third kappa shape index (κ3) is 9.64. The summed E-state index contributed by atoms with van der Waals surface area (Å²) in [4.78, 5) is 61.8. The highest BCUT2D eigenvalue weighted by atomic mass is 19.1. The normalized spacial score (nSPS) is 14.6. The van der Waals surface area contributed by atoms with Gasteiger partial charge in [0.2, 0.25) is 5.91 Å². The predicted octanol–water partition coefficient (Wildman–Crippen LogP) is 4.95. The standard InChI is InChI=1S/C38H46FN7O7/c1-8-46(23(2)3)35(48)30-16-28(39)12-13-31(30)52-34-33(40-22-41-43-34)45-20-26-18-44(19-27(26)21-45)32(47)17-29(42-37(50)53-38(4,5)6)15-24-10-9-11-25(14-24)36(49)51-7/h9-14,16,22-23,29H,8,15,17-21H2,1-7H3,(H,42,50)/t29-/m1/s1. The molecule has 1 atom stereocenters. The zero-order valence-electron chi connectivity index (χ0n) is 31.1. The van der Waals surface area contributed by atoms with Gasteiger partial charge in [-0.25, -0.2) is 19.0 Å². The highest BCUT2D eigenvalue weighted by Crippen LogP contribution is 2.35. The van der Waals surface area contributed by atoms with E-state index in [2.05, 4.69) is 20.5 Å². The summed E-state index contributed by atoms with van der Waals surface area (Å²) in [6.45, 7) is 13.0. The average Bonchev–Trinajstić information content (AvgIpc) is 3.68. The summed E-state index contributed by atoms with van der Waals surface area (Å²) in [6.07, 6.45) is 0.941. The molecule has 0 aliphatic carbocycles. The Kier molecular flexibility index (Phi) is 11.9. The first-order chi connectivity index (χ1) is 25.1. The molecule has 2 aliphatic rings. The number of amides is 3. The number of ether oxygens (including phenoxy) is 3. The summed E-state index contributed by atoms with van der Waals surface area (Å²) < 4.78 is 30.8. The number of nitrogens with one attached hydrogen (secondary N) is 1. The first kappa shape index (κ1) is 38.6. The van der Waals surface area contributed by atoms with Crippen molar-refractivity contribution >= 4 is 29.7 Å². The summed E-state index contributed by atoms with van der Waals surface area (Å²) in [5.41, 5.74) is 2.52. The molecule has 0 saturated heterocycles. The van der Waals surface area contributed by atoms with E-state index >= 15 is 0 Å². The molecule has 14 nitrogen and oxygen atoms in total. The maximum atomic E-state index is 14.3. The Morgan fingerprint density at radius 3 is 2.38 bits per heavy atom. The number of alkyl carbamates (subject to hydrolysis) is 1. The van der Waals surface area contributed by atoms with E-state index in [1.807, 2.05) is 31.7 Å². The summed E-state index contributed by atoms with van der Waals surface area (Å²) in [6, 6.07) is 9.89. The highest BCUT2D eigenvalue weighted by Gasteiger charge is 2.35. The fraction of sp³-hybridized carbons (Fsp3) is 0.447. The summed E-state index contributed by atoms with van der Waals surface area (Å²) >= 11 is 0. The molecule has 3 heterocycles. The van der Waals surface area contributed by atoms with Crippen LogP contribution in [-0.2, 0) is 20.7 Å². The van der Waals surface area contributed by atoms with E-state index in [1.165, 1.54) is 25.6 Å². The molecule has 1 aromatic heterocycles. The van der Waals surface area contributed by atoms with E-state index in [1.54, 1.807) is 48.8 Å². The lowest BCUT2D eigenvalue weighted by Crippen LogP contribution is -2.44. The Morgan fingerprint density at radius 1 is 1.02 bits per heavy atom. The van der Waals surface area contributed by atoms with Gasteiger partial charge in [0, 0.05) is 51.2 Å². The Balaban J connectivity index is 1.26. The highest BCUT2D eigenvalue weighted by molar-refractivity contribution is 5.97. The Bertz CT molecular complexity index is 1880. The van der Waals surface area contributed by atoms with Crippen LogP contribution in [0.15, 0.2) is 59.9 Å². The number of carbonyl (C=O) groups is 4. The monoisotopic (exact) mass is 731 g/mol. The van der Waals surface area contributed by atoms with Crippen LogP contribution in [0, 0.1) is 5.82 Å². The molecule has 0 bridgehead atoms. The van der Waals surface area contributed by atoms with Crippen molar-refractivity contribution in [3.8, 4) is 11.6 Å². The Labute approximate surface area is 308 Å². The number of aromatic nitrogens is 3. The number of anilines is 1. The molecule has 53 heavy (non-hydrogen) atoms. The van der Waals surface area contributed by atoms with Gasteiger partial charge in [-0.2, -0.15) is 0 Å². The van der Waals surface area contributed by atoms with Crippen LogP contribution in [0.4, 0.5) is 15.0 Å². The van der Waals surface area contributed by atoms with Crippen LogP contribution < -0.4 is 15.0 Å². The molecule has 0 radical (unpaired) electrons. The molecule has 0 unspecified atom stereocenters.